The van der Waals surface area contributed by atoms with Gasteiger partial charge in [0.25, 0.3) is 10.1 Å². The van der Waals surface area contributed by atoms with E-state index in [1.54, 1.807) is 18.5 Å². The summed E-state index contributed by atoms with van der Waals surface area (Å²) in [6, 6.07) is 31.0. The number of aromatic nitrogens is 12. The minimum absolute atomic E-state index is 0. The van der Waals surface area contributed by atoms with E-state index >= 15 is 0 Å². The van der Waals surface area contributed by atoms with Gasteiger partial charge in [-0.2, -0.15) is 23.4 Å². The van der Waals surface area contributed by atoms with Crippen LogP contribution in [0, 0.1) is 0 Å². The van der Waals surface area contributed by atoms with Gasteiger partial charge in [-0.3, -0.25) is 9.54 Å². The molecule has 0 atom stereocenters. The zero-order chi connectivity index (χ0) is 51.9. The molecule has 75 heavy (non-hydrogen) atoms. The van der Waals surface area contributed by atoms with Crippen LogP contribution in [0.25, 0.3) is 89.7 Å². The maximum Gasteiger partial charge on any atom is 2.00 e. The van der Waals surface area contributed by atoms with E-state index in [9.17, 15) is 16.8 Å². The standard InChI is InChI=1S/C31H15N9.C13H18N6O6S2.C2H6.CH4.Cu.O3S/c1-2-8-17-16(7-1)24-33-25(17)35-27-20-11-5-6-12-21(20)29(37-27)39-31-23-15-32-14-13-22(23)30(40-31)38-28-19-10-4-3-9-18(19)26(34-24)36-28;1-25-13-18-11(14-6-7-15-26(2,20)21)17-12(19-13)16-9-4-3-5-10(8-9)27(22,23)24;1-2;;;1-4(2)3/h1-15H;3-5,8,15H,6-7H2,1-2H3,(H,22,23,24)(H2,14,16,17,18,19);1-2H3;1H4;;/q-2;;;;+2;. The molecule has 4 aromatic carbocycles. The molecule has 0 unspecified atom stereocenters. The number of methoxy groups -OCH3 is 1. The third kappa shape index (κ3) is 13.3. The van der Waals surface area contributed by atoms with Gasteiger partial charge >= 0.3 is 33.7 Å². The van der Waals surface area contributed by atoms with E-state index in [1.165, 1.54) is 25.3 Å². The Kier molecular flexibility index (Phi) is 18.1. The monoisotopic (exact) mass is 1120 g/mol. The molecule has 2 aliphatic rings. The van der Waals surface area contributed by atoms with Crippen LogP contribution in [0.4, 0.5) is 17.6 Å². The van der Waals surface area contributed by atoms with E-state index in [-0.39, 0.29) is 60.4 Å². The van der Waals surface area contributed by atoms with Gasteiger partial charge in [0.15, 0.2) is 0 Å². The largest absolute Gasteiger partial charge is 2.00 e. The number of fused-ring (bicyclic) bond motifs is 20. The molecular weight excluding hydrogens is 1080 g/mol. The summed E-state index contributed by atoms with van der Waals surface area (Å²) in [6.07, 6.45) is 4.52. The maximum atomic E-state index is 11.2. The fraction of sp³-hybridized carbons (Fsp3) is 0.149. The first kappa shape index (κ1) is 56.1. The molecule has 389 valence electrons. The number of nitrogens with one attached hydrogen (secondary N) is 3. The van der Waals surface area contributed by atoms with E-state index in [2.05, 4.69) is 35.3 Å². The van der Waals surface area contributed by atoms with Gasteiger partial charge in [0.1, 0.15) is 0 Å². The average Bonchev–Trinajstić information content (AvgIpc) is 4.11. The summed E-state index contributed by atoms with van der Waals surface area (Å²) in [6.45, 7) is 4.32. The first-order valence-electron chi connectivity index (χ1n) is 21.6. The van der Waals surface area contributed by atoms with Crippen molar-refractivity contribution in [3.8, 4) is 51.6 Å². The van der Waals surface area contributed by atoms with Crippen molar-refractivity contribution >= 4 is 92.5 Å². The van der Waals surface area contributed by atoms with Gasteiger partial charge < -0.3 is 45.3 Å². The van der Waals surface area contributed by atoms with Crippen LogP contribution in [0.3, 0.4) is 0 Å². The second kappa shape index (κ2) is 24.2. The Bertz CT molecular complexity index is 3770. The van der Waals surface area contributed by atoms with E-state index in [0.29, 0.717) is 51.6 Å². The van der Waals surface area contributed by atoms with Crippen molar-refractivity contribution < 1.29 is 55.8 Å². The zero-order valence-electron chi connectivity index (χ0n) is 39.0. The molecular formula is C47H43CuN15O9S3. The molecule has 0 amide bonds. The topological polar surface area (TPSA) is 342 Å². The van der Waals surface area contributed by atoms with Crippen molar-refractivity contribution in [3.63, 3.8) is 0 Å². The molecule has 2 aliphatic heterocycles. The Labute approximate surface area is 440 Å². The molecule has 0 spiro atoms. The maximum absolute atomic E-state index is 11.2. The van der Waals surface area contributed by atoms with Gasteiger partial charge in [-0.25, -0.2) is 23.1 Å². The van der Waals surface area contributed by atoms with Gasteiger partial charge in [-0.05, 0) is 45.8 Å². The molecule has 0 aliphatic carbocycles. The second-order valence-corrected chi connectivity index (χ2v) is 18.6. The molecule has 24 nitrogen and oxygen atoms in total. The van der Waals surface area contributed by atoms with Crippen LogP contribution >= 0.6 is 0 Å². The van der Waals surface area contributed by atoms with E-state index in [4.69, 9.17) is 61.8 Å². The molecule has 28 heteroatoms. The van der Waals surface area contributed by atoms with E-state index in [0.717, 1.165) is 50.1 Å². The summed E-state index contributed by atoms with van der Waals surface area (Å²) >= 11 is 0. The van der Waals surface area contributed by atoms with Crippen LogP contribution in [-0.2, 0) is 47.8 Å². The van der Waals surface area contributed by atoms with Crippen molar-refractivity contribution in [2.45, 2.75) is 26.2 Å². The average molecular weight is 1120 g/mol. The molecule has 0 saturated heterocycles. The molecule has 7 heterocycles. The van der Waals surface area contributed by atoms with Gasteiger partial charge in [0, 0.05) is 76.0 Å². The van der Waals surface area contributed by atoms with Crippen molar-refractivity contribution in [2.75, 3.05) is 37.1 Å². The van der Waals surface area contributed by atoms with Crippen LogP contribution in [-0.4, -0.2) is 110 Å². The predicted molar refractivity (Wildman–Crippen MR) is 277 cm³/mol. The Morgan fingerprint density at radius 1 is 0.587 bits per heavy atom. The Balaban J connectivity index is 0.000000230. The number of anilines is 3. The second-order valence-electron chi connectivity index (χ2n) is 14.9. The number of hydrogen-bond acceptors (Lipinski definition) is 20. The van der Waals surface area contributed by atoms with Crippen LogP contribution < -0.4 is 30.1 Å². The summed E-state index contributed by atoms with van der Waals surface area (Å²) in [5.41, 5.74) is 5.82. The predicted octanol–water partition coefficient (Wildman–Crippen LogP) is 6.01. The fourth-order valence-corrected chi connectivity index (χ4v) is 8.21. The summed E-state index contributed by atoms with van der Waals surface area (Å²) in [5, 5.41) is 9.10. The zero-order valence-corrected chi connectivity index (χ0v) is 42.4. The van der Waals surface area contributed by atoms with Gasteiger partial charge in [-0.1, -0.05) is 100 Å². The fourth-order valence-electron chi connectivity index (χ4n) is 7.21. The number of hydrogen-bond donors (Lipinski definition) is 4. The van der Waals surface area contributed by atoms with Gasteiger partial charge in [0.05, 0.1) is 41.6 Å². The summed E-state index contributed by atoms with van der Waals surface area (Å²) < 4.78 is 86.2. The van der Waals surface area contributed by atoms with Crippen LogP contribution in [0.5, 0.6) is 6.01 Å². The Hall–Kier alpha value is -8.24. The molecule has 9 aromatic rings. The van der Waals surface area contributed by atoms with Crippen LogP contribution in [0.15, 0.2) is 120 Å². The number of nitrogens with zero attached hydrogens (tertiary/aromatic N) is 12. The van der Waals surface area contributed by atoms with E-state index in [1.807, 2.05) is 92.7 Å². The molecule has 0 saturated carbocycles. The smallest absolute Gasteiger partial charge is 0.467 e. The van der Waals surface area contributed by atoms with Gasteiger partial charge in [0.2, 0.25) is 21.9 Å². The summed E-state index contributed by atoms with van der Waals surface area (Å²) in [7, 11) is -9.41. The van der Waals surface area contributed by atoms with Crippen LogP contribution in [0.1, 0.15) is 21.3 Å². The number of pyridine rings is 1. The number of ether oxygens (including phenoxy) is 1. The van der Waals surface area contributed by atoms with Crippen molar-refractivity contribution in [3.05, 3.63) is 116 Å². The Morgan fingerprint density at radius 3 is 1.51 bits per heavy atom. The SMILES string of the molecule is C.CC.COc1nc(NCCNS(C)(=O)=O)nc(Nc2cccc(S(=O)(=O)O)c2)n1.O=S(=O)=O.[Cu+2].c1ccc2c(c1)-c1nc-2nc2[n-]c(nc3nc(nc4[n-]c(n1)c1ccccc41)-c1ccncc1-3)c1ccccc21. The minimum atomic E-state index is -4.35. The Morgan fingerprint density at radius 2 is 1.04 bits per heavy atom. The van der Waals surface area contributed by atoms with Crippen molar-refractivity contribution in [2.24, 2.45) is 0 Å². The van der Waals surface area contributed by atoms with Crippen molar-refractivity contribution in [1.82, 2.24) is 64.5 Å². The molecule has 4 N–H and O–H groups in total. The van der Waals surface area contributed by atoms with Gasteiger partial charge in [-0.15, -0.1) is 12.6 Å². The summed E-state index contributed by atoms with van der Waals surface area (Å²) in [5.74, 6) is 2.25. The normalized spacial score (nSPS) is 11.1. The number of sulfonamides is 1. The number of benzene rings is 4. The molecule has 5 aromatic heterocycles. The third-order valence-corrected chi connectivity index (χ3v) is 11.8. The van der Waals surface area contributed by atoms with E-state index < -0.39 is 30.8 Å². The third-order valence-electron chi connectivity index (χ3n) is 10.2. The molecule has 1 radical (unpaired) electrons. The quantitative estimate of drug-likeness (QED) is 0.0730. The minimum Gasteiger partial charge on any atom is -0.467 e. The first-order chi connectivity index (χ1) is 35.1. The molecule has 8 bridgehead atoms. The first-order valence-corrected chi connectivity index (χ1v) is 26.0. The van der Waals surface area contributed by atoms with Crippen LogP contribution in [0.2, 0.25) is 0 Å². The van der Waals surface area contributed by atoms with Crippen molar-refractivity contribution in [1.29, 1.82) is 0 Å². The number of rotatable bonds is 9. The summed E-state index contributed by atoms with van der Waals surface area (Å²) in [4.78, 5) is 55.2. The molecule has 11 rings (SSSR count). The molecule has 0 fully saturated rings.